The Morgan fingerprint density at radius 2 is 2.21 bits per heavy atom. The monoisotopic (exact) mass is 262 g/mol. The maximum absolute atomic E-state index is 11.2. The van der Waals surface area contributed by atoms with Crippen molar-refractivity contribution in [3.8, 4) is 0 Å². The van der Waals surface area contributed by atoms with Crippen molar-refractivity contribution in [2.75, 3.05) is 11.1 Å². The molecule has 0 saturated heterocycles. The molecule has 0 aliphatic heterocycles. The average molecular weight is 262 g/mol. The Balaban J connectivity index is 2.19. The van der Waals surface area contributed by atoms with Crippen LogP contribution >= 0.6 is 0 Å². The van der Waals surface area contributed by atoms with Gasteiger partial charge in [-0.25, -0.2) is 4.79 Å². The number of carboxylic acid groups (broad SMARTS) is 1. The summed E-state index contributed by atoms with van der Waals surface area (Å²) in [6, 6.07) is 5.25. The van der Waals surface area contributed by atoms with Gasteiger partial charge in [-0.15, -0.1) is 0 Å². The normalized spacial score (nSPS) is 26.3. The highest BCUT2D eigenvalue weighted by Crippen LogP contribution is 2.36. The van der Waals surface area contributed by atoms with Crippen molar-refractivity contribution >= 4 is 17.3 Å². The van der Waals surface area contributed by atoms with Crippen LogP contribution in [0.15, 0.2) is 18.2 Å². The van der Waals surface area contributed by atoms with Gasteiger partial charge in [0.05, 0.1) is 11.3 Å². The third-order valence-corrected chi connectivity index (χ3v) is 4.37. The van der Waals surface area contributed by atoms with Crippen molar-refractivity contribution in [2.24, 2.45) is 11.8 Å². The number of benzene rings is 1. The Morgan fingerprint density at radius 3 is 2.79 bits per heavy atom. The molecule has 0 radical (unpaired) electrons. The van der Waals surface area contributed by atoms with Gasteiger partial charge in [-0.1, -0.05) is 20.3 Å². The predicted molar refractivity (Wildman–Crippen MR) is 77.4 cm³/mol. The highest BCUT2D eigenvalue weighted by atomic mass is 16.4. The molecule has 4 nitrogen and oxygen atoms in total. The molecule has 1 aromatic rings. The highest BCUT2D eigenvalue weighted by Gasteiger charge is 2.32. The second-order valence-corrected chi connectivity index (χ2v) is 5.47. The van der Waals surface area contributed by atoms with Gasteiger partial charge >= 0.3 is 5.97 Å². The number of hydrogen-bond donors (Lipinski definition) is 3. The largest absolute Gasteiger partial charge is 0.478 e. The fourth-order valence-corrected chi connectivity index (χ4v) is 3.09. The van der Waals surface area contributed by atoms with Crippen LogP contribution < -0.4 is 11.1 Å². The van der Waals surface area contributed by atoms with Crippen LogP contribution in [-0.4, -0.2) is 17.1 Å². The number of carboxylic acids is 1. The summed E-state index contributed by atoms with van der Waals surface area (Å²) < 4.78 is 0. The van der Waals surface area contributed by atoms with Gasteiger partial charge in [-0.3, -0.25) is 0 Å². The number of hydrogen-bond acceptors (Lipinski definition) is 3. The standard InChI is InChI=1S/C15H22N2O2/c1-3-10-4-7-13(9(10)2)17-14-8-11(16)5-6-12(14)15(18)19/h5-6,8-10,13,17H,3-4,7,16H2,1-2H3,(H,18,19). The quantitative estimate of drug-likeness (QED) is 0.728. The molecule has 1 fully saturated rings. The van der Waals surface area contributed by atoms with E-state index in [0.29, 0.717) is 28.9 Å². The maximum atomic E-state index is 11.2. The summed E-state index contributed by atoms with van der Waals surface area (Å²) in [5.41, 5.74) is 7.28. The second-order valence-electron chi connectivity index (χ2n) is 5.47. The highest BCUT2D eigenvalue weighted by molar-refractivity contribution is 5.95. The minimum atomic E-state index is -0.916. The fourth-order valence-electron chi connectivity index (χ4n) is 3.09. The molecule has 3 unspecified atom stereocenters. The number of rotatable bonds is 4. The lowest BCUT2D eigenvalue weighted by molar-refractivity contribution is 0.0698. The number of aromatic carboxylic acids is 1. The van der Waals surface area contributed by atoms with E-state index in [1.807, 2.05) is 0 Å². The SMILES string of the molecule is CCC1CCC(Nc2cc(N)ccc2C(=O)O)C1C. The Bertz CT molecular complexity index is 473. The van der Waals surface area contributed by atoms with Crippen molar-refractivity contribution < 1.29 is 9.90 Å². The molecule has 0 aromatic heterocycles. The lowest BCUT2D eigenvalue weighted by Crippen LogP contribution is -2.25. The molecular weight excluding hydrogens is 240 g/mol. The minimum absolute atomic E-state index is 0.293. The van der Waals surface area contributed by atoms with Gasteiger partial charge in [0, 0.05) is 11.7 Å². The minimum Gasteiger partial charge on any atom is -0.478 e. The van der Waals surface area contributed by atoms with E-state index in [2.05, 4.69) is 19.2 Å². The second kappa shape index (κ2) is 5.51. The first-order valence-corrected chi connectivity index (χ1v) is 6.92. The molecule has 1 aliphatic rings. The molecule has 0 amide bonds. The third-order valence-electron chi connectivity index (χ3n) is 4.37. The molecule has 1 aliphatic carbocycles. The summed E-state index contributed by atoms with van der Waals surface area (Å²) in [4.78, 5) is 11.2. The fraction of sp³-hybridized carbons (Fsp3) is 0.533. The van der Waals surface area contributed by atoms with E-state index in [9.17, 15) is 9.90 Å². The van der Waals surface area contributed by atoms with Crippen LogP contribution in [0.5, 0.6) is 0 Å². The zero-order chi connectivity index (χ0) is 14.0. The van der Waals surface area contributed by atoms with Crippen molar-refractivity contribution in [2.45, 2.75) is 39.2 Å². The van der Waals surface area contributed by atoms with Crippen LogP contribution in [0.3, 0.4) is 0 Å². The Hall–Kier alpha value is -1.71. The van der Waals surface area contributed by atoms with Crippen LogP contribution in [-0.2, 0) is 0 Å². The van der Waals surface area contributed by atoms with Gasteiger partial charge in [0.1, 0.15) is 0 Å². The van der Waals surface area contributed by atoms with Gasteiger partial charge in [0.15, 0.2) is 0 Å². The molecule has 4 heteroatoms. The molecule has 2 rings (SSSR count). The number of nitrogens with one attached hydrogen (secondary N) is 1. The predicted octanol–water partition coefficient (Wildman–Crippen LogP) is 3.20. The average Bonchev–Trinajstić information content (AvgIpc) is 2.70. The molecule has 1 saturated carbocycles. The molecule has 3 atom stereocenters. The lowest BCUT2D eigenvalue weighted by atomic mass is 9.93. The summed E-state index contributed by atoms with van der Waals surface area (Å²) >= 11 is 0. The summed E-state index contributed by atoms with van der Waals surface area (Å²) in [6.07, 6.45) is 3.48. The zero-order valence-corrected chi connectivity index (χ0v) is 11.5. The molecule has 4 N–H and O–H groups in total. The number of anilines is 2. The van der Waals surface area contributed by atoms with Crippen LogP contribution in [0.4, 0.5) is 11.4 Å². The molecule has 0 spiro atoms. The first kappa shape index (κ1) is 13.7. The zero-order valence-electron chi connectivity index (χ0n) is 11.5. The van der Waals surface area contributed by atoms with E-state index >= 15 is 0 Å². The van der Waals surface area contributed by atoms with E-state index in [1.54, 1.807) is 18.2 Å². The van der Waals surface area contributed by atoms with Crippen molar-refractivity contribution in [3.63, 3.8) is 0 Å². The van der Waals surface area contributed by atoms with Crippen LogP contribution in [0.1, 0.15) is 43.5 Å². The number of carbonyl (C=O) groups is 1. The molecule has 0 bridgehead atoms. The van der Waals surface area contributed by atoms with Gasteiger partial charge in [0.2, 0.25) is 0 Å². The van der Waals surface area contributed by atoms with Crippen molar-refractivity contribution in [1.82, 2.24) is 0 Å². The molecule has 0 heterocycles. The summed E-state index contributed by atoms with van der Waals surface area (Å²) in [5, 5.41) is 12.6. The van der Waals surface area contributed by atoms with Crippen LogP contribution in [0.2, 0.25) is 0 Å². The van der Waals surface area contributed by atoms with Crippen molar-refractivity contribution in [3.05, 3.63) is 23.8 Å². The van der Waals surface area contributed by atoms with E-state index in [4.69, 9.17) is 5.73 Å². The third kappa shape index (κ3) is 2.83. The first-order valence-electron chi connectivity index (χ1n) is 6.92. The number of nitrogen functional groups attached to an aromatic ring is 1. The Kier molecular flexibility index (Phi) is 3.98. The summed E-state index contributed by atoms with van der Waals surface area (Å²) in [6.45, 7) is 4.46. The van der Waals surface area contributed by atoms with Gasteiger partial charge in [-0.2, -0.15) is 0 Å². The van der Waals surface area contributed by atoms with Gasteiger partial charge < -0.3 is 16.2 Å². The van der Waals surface area contributed by atoms with E-state index in [-0.39, 0.29) is 0 Å². The van der Waals surface area contributed by atoms with Gasteiger partial charge in [0.25, 0.3) is 0 Å². The molecule has 1 aromatic carbocycles. The first-order chi connectivity index (χ1) is 9.02. The summed E-state index contributed by atoms with van der Waals surface area (Å²) in [7, 11) is 0. The molecule has 19 heavy (non-hydrogen) atoms. The van der Waals surface area contributed by atoms with E-state index < -0.39 is 5.97 Å². The molecular formula is C15H22N2O2. The molecule has 104 valence electrons. The van der Waals surface area contributed by atoms with E-state index in [0.717, 1.165) is 12.3 Å². The van der Waals surface area contributed by atoms with Crippen LogP contribution in [0, 0.1) is 11.8 Å². The topological polar surface area (TPSA) is 75.3 Å². The smallest absolute Gasteiger partial charge is 0.337 e. The Labute approximate surface area is 114 Å². The maximum Gasteiger partial charge on any atom is 0.337 e. The van der Waals surface area contributed by atoms with Gasteiger partial charge in [-0.05, 0) is 42.9 Å². The van der Waals surface area contributed by atoms with E-state index in [1.165, 1.54) is 12.8 Å². The van der Waals surface area contributed by atoms with Crippen molar-refractivity contribution in [1.29, 1.82) is 0 Å². The lowest BCUT2D eigenvalue weighted by Gasteiger charge is -2.23. The number of nitrogens with two attached hydrogens (primary N) is 1. The summed E-state index contributed by atoms with van der Waals surface area (Å²) in [5.74, 6) is 0.375. The van der Waals surface area contributed by atoms with Crippen LogP contribution in [0.25, 0.3) is 0 Å². The Morgan fingerprint density at radius 1 is 1.47 bits per heavy atom.